The summed E-state index contributed by atoms with van der Waals surface area (Å²) in [5, 5.41) is 3.71. The summed E-state index contributed by atoms with van der Waals surface area (Å²) in [7, 11) is -3.52. The predicted octanol–water partition coefficient (Wildman–Crippen LogP) is 3.88. The lowest BCUT2D eigenvalue weighted by Gasteiger charge is -2.17. The zero-order chi connectivity index (χ0) is 14.7. The first kappa shape index (κ1) is 14.5. The van der Waals surface area contributed by atoms with E-state index < -0.39 is 10.0 Å². The van der Waals surface area contributed by atoms with Crippen molar-refractivity contribution in [2.75, 3.05) is 0 Å². The van der Waals surface area contributed by atoms with E-state index in [1.807, 2.05) is 47.8 Å². The Morgan fingerprint density at radius 2 is 1.57 bits per heavy atom. The zero-order valence-electron chi connectivity index (χ0n) is 11.0. The van der Waals surface area contributed by atoms with Crippen LogP contribution in [0.15, 0.2) is 69.6 Å². The minimum Gasteiger partial charge on any atom is -0.206 e. The molecular weight excluding hydrogens is 322 g/mol. The summed E-state index contributed by atoms with van der Waals surface area (Å²) in [5.41, 5.74) is 0.931. The Hall–Kier alpha value is -1.47. The highest BCUT2D eigenvalue weighted by atomic mass is 32.2. The maximum atomic E-state index is 12.5. The Morgan fingerprint density at radius 1 is 0.857 bits per heavy atom. The molecule has 2 aromatic heterocycles. The fourth-order valence-corrected chi connectivity index (χ4v) is 5.11. The Labute approximate surface area is 132 Å². The molecule has 0 saturated carbocycles. The largest absolute Gasteiger partial charge is 0.250 e. The van der Waals surface area contributed by atoms with Gasteiger partial charge >= 0.3 is 0 Å². The molecule has 0 aliphatic rings. The van der Waals surface area contributed by atoms with Crippen molar-refractivity contribution in [2.45, 2.75) is 10.3 Å². The maximum absolute atomic E-state index is 12.5. The molecule has 3 rings (SSSR count). The number of hydrogen-bond donors (Lipinski definition) is 1. The van der Waals surface area contributed by atoms with Crippen molar-refractivity contribution in [3.05, 3.63) is 75.8 Å². The molecule has 0 aliphatic heterocycles. The second-order valence-electron chi connectivity index (χ2n) is 4.41. The summed E-state index contributed by atoms with van der Waals surface area (Å²) in [6.45, 7) is 0. The average molecular weight is 335 g/mol. The van der Waals surface area contributed by atoms with E-state index in [-0.39, 0.29) is 6.04 Å². The molecule has 0 bridgehead atoms. The topological polar surface area (TPSA) is 46.2 Å². The number of rotatable bonds is 5. The number of sulfonamides is 1. The first-order valence-electron chi connectivity index (χ1n) is 6.31. The third-order valence-electron chi connectivity index (χ3n) is 2.99. The fourth-order valence-electron chi connectivity index (χ4n) is 2.02. The van der Waals surface area contributed by atoms with Crippen LogP contribution in [-0.4, -0.2) is 8.42 Å². The molecule has 1 N–H and O–H groups in total. The molecule has 108 valence electrons. The van der Waals surface area contributed by atoms with Gasteiger partial charge in [0.25, 0.3) is 10.0 Å². The van der Waals surface area contributed by atoms with Gasteiger partial charge in [-0.2, -0.15) is 4.72 Å². The first-order valence-corrected chi connectivity index (χ1v) is 9.55. The van der Waals surface area contributed by atoms with Crippen molar-refractivity contribution in [2.24, 2.45) is 0 Å². The van der Waals surface area contributed by atoms with Gasteiger partial charge in [0.15, 0.2) is 0 Å². The van der Waals surface area contributed by atoms with Gasteiger partial charge in [-0.15, -0.1) is 22.7 Å². The molecular formula is C15H13NO2S3. The third-order valence-corrected chi connectivity index (χ3v) is 6.75. The van der Waals surface area contributed by atoms with E-state index in [2.05, 4.69) is 4.72 Å². The molecule has 0 aliphatic carbocycles. The molecule has 2 heterocycles. The number of hydrogen-bond acceptors (Lipinski definition) is 4. The summed E-state index contributed by atoms with van der Waals surface area (Å²) in [5.74, 6) is 0. The van der Waals surface area contributed by atoms with E-state index in [1.54, 1.807) is 28.8 Å². The van der Waals surface area contributed by atoms with Gasteiger partial charge in [-0.25, -0.2) is 8.42 Å². The lowest BCUT2D eigenvalue weighted by molar-refractivity contribution is 0.575. The summed E-state index contributed by atoms with van der Waals surface area (Å²) in [4.78, 5) is 0.973. The Kier molecular flexibility index (Phi) is 4.21. The summed E-state index contributed by atoms with van der Waals surface area (Å²) in [6.07, 6.45) is 0. The number of thiophene rings is 2. The maximum Gasteiger partial charge on any atom is 0.250 e. The molecule has 0 spiro atoms. The predicted molar refractivity (Wildman–Crippen MR) is 87.2 cm³/mol. The van der Waals surface area contributed by atoms with Crippen LogP contribution in [0.4, 0.5) is 0 Å². The van der Waals surface area contributed by atoms with Crippen molar-refractivity contribution in [1.82, 2.24) is 4.72 Å². The van der Waals surface area contributed by atoms with Crippen molar-refractivity contribution in [1.29, 1.82) is 0 Å². The van der Waals surface area contributed by atoms with E-state index >= 15 is 0 Å². The van der Waals surface area contributed by atoms with E-state index in [4.69, 9.17) is 0 Å². The second kappa shape index (κ2) is 6.11. The van der Waals surface area contributed by atoms with Gasteiger partial charge in [0.2, 0.25) is 0 Å². The summed E-state index contributed by atoms with van der Waals surface area (Å²) >= 11 is 2.76. The molecule has 0 fully saturated rings. The fraction of sp³-hybridized carbons (Fsp3) is 0.0667. The molecule has 3 aromatic rings. The molecule has 1 atom stereocenters. The molecule has 3 nitrogen and oxygen atoms in total. The molecule has 6 heteroatoms. The van der Waals surface area contributed by atoms with Crippen LogP contribution in [-0.2, 0) is 10.0 Å². The Balaban J connectivity index is 1.98. The van der Waals surface area contributed by atoms with Crippen LogP contribution in [0, 0.1) is 0 Å². The van der Waals surface area contributed by atoms with E-state index in [0.29, 0.717) is 4.21 Å². The molecule has 0 saturated heterocycles. The van der Waals surface area contributed by atoms with Crippen molar-refractivity contribution in [3.63, 3.8) is 0 Å². The number of nitrogens with one attached hydrogen (secondary N) is 1. The van der Waals surface area contributed by atoms with E-state index in [0.717, 1.165) is 10.4 Å². The molecule has 0 amide bonds. The van der Waals surface area contributed by atoms with Gasteiger partial charge in [-0.3, -0.25) is 0 Å². The highest BCUT2D eigenvalue weighted by Gasteiger charge is 2.24. The van der Waals surface area contributed by atoms with Crippen LogP contribution in [0.1, 0.15) is 16.5 Å². The third kappa shape index (κ3) is 3.24. The van der Waals surface area contributed by atoms with Gasteiger partial charge in [-0.05, 0) is 28.5 Å². The highest BCUT2D eigenvalue weighted by molar-refractivity contribution is 7.91. The molecule has 1 aromatic carbocycles. The van der Waals surface area contributed by atoms with Crippen LogP contribution in [0.3, 0.4) is 0 Å². The standard InChI is InChI=1S/C15H13NO2S3/c17-21(18,14-9-5-11-20-14)16-15(13-8-4-10-19-13)12-6-2-1-3-7-12/h1-11,15-16H/t15-/m0/s1. The highest BCUT2D eigenvalue weighted by Crippen LogP contribution is 2.28. The monoisotopic (exact) mass is 335 g/mol. The molecule has 21 heavy (non-hydrogen) atoms. The van der Waals surface area contributed by atoms with Crippen molar-refractivity contribution in [3.8, 4) is 0 Å². The molecule has 0 unspecified atom stereocenters. The summed E-state index contributed by atoms with van der Waals surface area (Å²) < 4.78 is 28.1. The van der Waals surface area contributed by atoms with Crippen LogP contribution in [0.2, 0.25) is 0 Å². The van der Waals surface area contributed by atoms with Crippen LogP contribution in [0.5, 0.6) is 0 Å². The minimum absolute atomic E-state index is 0.333. The van der Waals surface area contributed by atoms with Gasteiger partial charge in [-0.1, -0.05) is 42.5 Å². The van der Waals surface area contributed by atoms with Crippen molar-refractivity contribution >= 4 is 32.7 Å². The van der Waals surface area contributed by atoms with Gasteiger partial charge in [0, 0.05) is 4.88 Å². The lowest BCUT2D eigenvalue weighted by Crippen LogP contribution is -2.28. The van der Waals surface area contributed by atoms with Gasteiger partial charge in [0.1, 0.15) is 4.21 Å². The Bertz CT molecular complexity index is 779. The van der Waals surface area contributed by atoms with E-state index in [9.17, 15) is 8.42 Å². The SMILES string of the molecule is O=S(=O)(N[C@@H](c1ccccc1)c1cccs1)c1cccs1. The minimum atomic E-state index is -3.52. The Morgan fingerprint density at radius 3 is 2.19 bits per heavy atom. The van der Waals surface area contributed by atoms with Gasteiger partial charge in [0.05, 0.1) is 6.04 Å². The smallest absolute Gasteiger partial charge is 0.206 e. The van der Waals surface area contributed by atoms with E-state index in [1.165, 1.54) is 11.3 Å². The van der Waals surface area contributed by atoms with Gasteiger partial charge < -0.3 is 0 Å². The second-order valence-corrected chi connectivity index (χ2v) is 8.28. The lowest BCUT2D eigenvalue weighted by atomic mass is 10.1. The number of benzene rings is 1. The average Bonchev–Trinajstić information content (AvgIpc) is 3.19. The van der Waals surface area contributed by atoms with Crippen molar-refractivity contribution < 1.29 is 8.42 Å². The van der Waals surface area contributed by atoms with Crippen LogP contribution < -0.4 is 4.72 Å². The quantitative estimate of drug-likeness (QED) is 0.769. The molecule has 0 radical (unpaired) electrons. The zero-order valence-corrected chi connectivity index (χ0v) is 13.4. The first-order chi connectivity index (χ1) is 10.2. The van der Waals surface area contributed by atoms with Crippen LogP contribution in [0.25, 0.3) is 0 Å². The summed E-state index contributed by atoms with van der Waals surface area (Å²) in [6, 6.07) is 16.5. The normalized spacial score (nSPS) is 13.1. The van der Waals surface area contributed by atoms with Crippen LogP contribution >= 0.6 is 22.7 Å².